The molecule has 0 aromatic carbocycles. The second-order valence-electron chi connectivity index (χ2n) is 3.19. The zero-order valence-corrected chi connectivity index (χ0v) is 10.3. The van der Waals surface area contributed by atoms with E-state index in [1.165, 1.54) is 18.5 Å². The maximum Gasteiger partial charge on any atom is 0.344 e. The van der Waals surface area contributed by atoms with Crippen molar-refractivity contribution in [2.24, 2.45) is 0 Å². The molecule has 1 heterocycles. The van der Waals surface area contributed by atoms with E-state index >= 15 is 0 Å². The summed E-state index contributed by atoms with van der Waals surface area (Å²) in [5.74, 6) is -0.820. The van der Waals surface area contributed by atoms with Crippen molar-refractivity contribution in [3.63, 3.8) is 0 Å². The Kier molecular flexibility index (Phi) is 5.63. The number of aromatic nitrogens is 1. The van der Waals surface area contributed by atoms with Gasteiger partial charge in [0, 0.05) is 6.20 Å². The quantitative estimate of drug-likeness (QED) is 0.709. The molecule has 0 bridgehead atoms. The van der Waals surface area contributed by atoms with Gasteiger partial charge in [0.05, 0.1) is 19.4 Å². The van der Waals surface area contributed by atoms with Gasteiger partial charge in [0.1, 0.15) is 5.56 Å². The highest BCUT2D eigenvalue weighted by atomic mass is 16.6. The fraction of sp³-hybridized carbons (Fsp3) is 0.417. The van der Waals surface area contributed by atoms with Crippen LogP contribution in [0.3, 0.4) is 0 Å². The second kappa shape index (κ2) is 7.26. The first kappa shape index (κ1) is 14.0. The molecule has 0 N–H and O–H groups in total. The first-order chi connectivity index (χ1) is 8.69. The summed E-state index contributed by atoms with van der Waals surface area (Å²) in [6, 6.07) is 1.47. The molecule has 6 nitrogen and oxygen atoms in total. The monoisotopic (exact) mass is 253 g/mol. The Morgan fingerprint density at radius 2 is 1.94 bits per heavy atom. The summed E-state index contributed by atoms with van der Waals surface area (Å²) in [4.78, 5) is 26.6. The Labute approximate surface area is 105 Å². The van der Waals surface area contributed by atoms with Crippen molar-refractivity contribution < 1.29 is 23.8 Å². The van der Waals surface area contributed by atoms with Crippen LogP contribution in [-0.4, -0.2) is 36.7 Å². The summed E-state index contributed by atoms with van der Waals surface area (Å²) in [6.45, 7) is 3.68. The molecule has 0 unspecified atom stereocenters. The minimum Gasteiger partial charge on any atom is -0.479 e. The molecule has 0 amide bonds. The van der Waals surface area contributed by atoms with Crippen LogP contribution < -0.4 is 4.74 Å². The van der Waals surface area contributed by atoms with Gasteiger partial charge in [-0.25, -0.2) is 9.59 Å². The molecule has 0 aliphatic carbocycles. The highest BCUT2D eigenvalue weighted by Gasteiger charge is 2.14. The molecule has 1 aromatic heterocycles. The van der Waals surface area contributed by atoms with Crippen LogP contribution in [0.5, 0.6) is 5.75 Å². The normalized spacial score (nSPS) is 9.67. The summed E-state index contributed by atoms with van der Waals surface area (Å²) in [5.41, 5.74) is 0.233. The molecule has 0 aliphatic heterocycles. The van der Waals surface area contributed by atoms with E-state index in [0.29, 0.717) is 0 Å². The minimum atomic E-state index is -0.515. The van der Waals surface area contributed by atoms with Crippen LogP contribution in [0.15, 0.2) is 18.5 Å². The highest BCUT2D eigenvalue weighted by molar-refractivity contribution is 5.92. The van der Waals surface area contributed by atoms with E-state index in [1.807, 2.05) is 0 Å². The first-order valence-corrected chi connectivity index (χ1v) is 5.58. The highest BCUT2D eigenvalue weighted by Crippen LogP contribution is 2.17. The largest absolute Gasteiger partial charge is 0.479 e. The lowest BCUT2D eigenvalue weighted by Crippen LogP contribution is -2.16. The van der Waals surface area contributed by atoms with E-state index in [2.05, 4.69) is 4.98 Å². The molecule has 0 spiro atoms. The first-order valence-electron chi connectivity index (χ1n) is 5.58. The predicted octanol–water partition coefficient (Wildman–Crippen LogP) is 1.20. The molecule has 0 saturated carbocycles. The average molecular weight is 253 g/mol. The Morgan fingerprint density at radius 3 is 2.61 bits per heavy atom. The van der Waals surface area contributed by atoms with Gasteiger partial charge < -0.3 is 14.2 Å². The van der Waals surface area contributed by atoms with E-state index in [1.54, 1.807) is 13.8 Å². The van der Waals surface area contributed by atoms with E-state index in [0.717, 1.165) is 0 Å². The molecule has 18 heavy (non-hydrogen) atoms. The third kappa shape index (κ3) is 4.04. The van der Waals surface area contributed by atoms with Crippen LogP contribution in [0.1, 0.15) is 24.2 Å². The zero-order valence-electron chi connectivity index (χ0n) is 10.3. The number of hydrogen-bond acceptors (Lipinski definition) is 6. The summed E-state index contributed by atoms with van der Waals surface area (Å²) in [6.07, 6.45) is 2.80. The molecule has 0 saturated heterocycles. The summed E-state index contributed by atoms with van der Waals surface area (Å²) in [5, 5.41) is 0. The smallest absolute Gasteiger partial charge is 0.344 e. The van der Waals surface area contributed by atoms with Gasteiger partial charge in [0.25, 0.3) is 0 Å². The molecule has 6 heteroatoms. The van der Waals surface area contributed by atoms with E-state index in [-0.39, 0.29) is 31.1 Å². The fourth-order valence-corrected chi connectivity index (χ4v) is 1.21. The Balaban J connectivity index is 2.70. The van der Waals surface area contributed by atoms with Crippen molar-refractivity contribution in [3.8, 4) is 5.75 Å². The third-order valence-corrected chi connectivity index (χ3v) is 1.93. The van der Waals surface area contributed by atoms with Crippen LogP contribution in [0.25, 0.3) is 0 Å². The molecule has 98 valence electrons. The topological polar surface area (TPSA) is 74.7 Å². The summed E-state index contributed by atoms with van der Waals surface area (Å²) >= 11 is 0. The lowest BCUT2D eigenvalue weighted by Gasteiger charge is -2.09. The van der Waals surface area contributed by atoms with Crippen molar-refractivity contribution in [2.75, 3.05) is 19.8 Å². The Hall–Kier alpha value is -2.11. The number of rotatable bonds is 6. The molecular formula is C12H15NO5. The number of esters is 2. The lowest BCUT2D eigenvalue weighted by molar-refractivity contribution is -0.145. The number of carbonyl (C=O) groups excluding carboxylic acids is 2. The van der Waals surface area contributed by atoms with Crippen LogP contribution in [0, 0.1) is 0 Å². The molecule has 0 fully saturated rings. The van der Waals surface area contributed by atoms with Crippen LogP contribution in [0.2, 0.25) is 0 Å². The molecular weight excluding hydrogens is 238 g/mol. The number of hydrogen-bond donors (Lipinski definition) is 0. The summed E-state index contributed by atoms with van der Waals surface area (Å²) < 4.78 is 14.8. The number of nitrogens with zero attached hydrogens (tertiary/aromatic N) is 1. The number of pyridine rings is 1. The third-order valence-electron chi connectivity index (χ3n) is 1.93. The SMILES string of the molecule is CCOC(=O)COc1cnccc1C(=O)OCC. The van der Waals surface area contributed by atoms with E-state index < -0.39 is 11.9 Å². The van der Waals surface area contributed by atoms with Crippen molar-refractivity contribution in [3.05, 3.63) is 24.0 Å². The van der Waals surface area contributed by atoms with Crippen molar-refractivity contribution >= 4 is 11.9 Å². The van der Waals surface area contributed by atoms with Gasteiger partial charge in [-0.2, -0.15) is 0 Å². The van der Waals surface area contributed by atoms with Crippen molar-refractivity contribution in [1.82, 2.24) is 4.98 Å². The Morgan fingerprint density at radius 1 is 1.22 bits per heavy atom. The Bertz CT molecular complexity index is 419. The van der Waals surface area contributed by atoms with Gasteiger partial charge in [-0.05, 0) is 19.9 Å². The van der Waals surface area contributed by atoms with Gasteiger partial charge in [-0.1, -0.05) is 0 Å². The fourth-order valence-electron chi connectivity index (χ4n) is 1.21. The van der Waals surface area contributed by atoms with Crippen LogP contribution in [-0.2, 0) is 14.3 Å². The average Bonchev–Trinajstić information content (AvgIpc) is 2.37. The van der Waals surface area contributed by atoms with Crippen LogP contribution in [0.4, 0.5) is 0 Å². The van der Waals surface area contributed by atoms with Crippen molar-refractivity contribution in [1.29, 1.82) is 0 Å². The molecule has 1 rings (SSSR count). The predicted molar refractivity (Wildman–Crippen MR) is 62.3 cm³/mol. The minimum absolute atomic E-state index is 0.198. The van der Waals surface area contributed by atoms with Gasteiger partial charge >= 0.3 is 11.9 Å². The zero-order chi connectivity index (χ0) is 13.4. The van der Waals surface area contributed by atoms with Crippen molar-refractivity contribution in [2.45, 2.75) is 13.8 Å². The molecule has 0 aliphatic rings. The van der Waals surface area contributed by atoms with Gasteiger partial charge in [0.2, 0.25) is 0 Å². The van der Waals surface area contributed by atoms with Crippen LogP contribution >= 0.6 is 0 Å². The second-order valence-corrected chi connectivity index (χ2v) is 3.19. The van der Waals surface area contributed by atoms with Gasteiger partial charge in [-0.15, -0.1) is 0 Å². The lowest BCUT2D eigenvalue weighted by atomic mass is 10.2. The molecule has 1 aromatic rings. The number of ether oxygens (including phenoxy) is 3. The van der Waals surface area contributed by atoms with E-state index in [4.69, 9.17) is 14.2 Å². The maximum absolute atomic E-state index is 11.6. The van der Waals surface area contributed by atoms with Gasteiger partial charge in [-0.3, -0.25) is 4.98 Å². The number of carbonyl (C=O) groups is 2. The van der Waals surface area contributed by atoms with E-state index in [9.17, 15) is 9.59 Å². The molecule has 0 atom stereocenters. The standard InChI is InChI=1S/C12H15NO5/c1-3-16-11(14)8-18-10-7-13-6-5-9(10)12(15)17-4-2/h5-7H,3-4,8H2,1-2H3. The molecule has 0 radical (unpaired) electrons. The maximum atomic E-state index is 11.6. The summed E-state index contributed by atoms with van der Waals surface area (Å²) in [7, 11) is 0. The van der Waals surface area contributed by atoms with Gasteiger partial charge in [0.15, 0.2) is 12.4 Å².